The maximum atomic E-state index is 9.06. The van der Waals surface area contributed by atoms with Crippen molar-refractivity contribution in [3.05, 3.63) is 12.2 Å². The lowest BCUT2D eigenvalue weighted by Crippen LogP contribution is -2.19. The van der Waals surface area contributed by atoms with Gasteiger partial charge in [-0.05, 0) is 37.5 Å². The predicted molar refractivity (Wildman–Crippen MR) is 48.8 cm³/mol. The summed E-state index contributed by atoms with van der Waals surface area (Å²) in [5.74, 6) is 0.928. The number of aliphatic hydroxyl groups is 2. The van der Waals surface area contributed by atoms with Crippen molar-refractivity contribution < 1.29 is 10.2 Å². The van der Waals surface area contributed by atoms with E-state index in [-0.39, 0.29) is 6.61 Å². The smallest absolute Gasteiger partial charge is 0.0465 e. The first-order chi connectivity index (χ1) is 5.88. The third-order valence-corrected chi connectivity index (χ3v) is 2.62. The van der Waals surface area contributed by atoms with Crippen molar-refractivity contribution in [3.63, 3.8) is 0 Å². The SMILES string of the molecule is OCCC[C@@H]1C=CCCC1CO. The van der Waals surface area contributed by atoms with Crippen LogP contribution in [0.4, 0.5) is 0 Å². The molecule has 0 amide bonds. The van der Waals surface area contributed by atoms with Crippen LogP contribution in [-0.4, -0.2) is 23.4 Å². The van der Waals surface area contributed by atoms with Gasteiger partial charge in [-0.3, -0.25) is 0 Å². The largest absolute Gasteiger partial charge is 0.396 e. The molecule has 0 saturated heterocycles. The van der Waals surface area contributed by atoms with Crippen molar-refractivity contribution >= 4 is 0 Å². The zero-order valence-corrected chi connectivity index (χ0v) is 7.45. The molecule has 1 aliphatic rings. The van der Waals surface area contributed by atoms with E-state index in [0.717, 1.165) is 25.7 Å². The summed E-state index contributed by atoms with van der Waals surface area (Å²) in [6, 6.07) is 0. The van der Waals surface area contributed by atoms with Crippen molar-refractivity contribution in [2.24, 2.45) is 11.8 Å². The molecule has 0 spiro atoms. The summed E-state index contributed by atoms with van der Waals surface area (Å²) < 4.78 is 0. The molecule has 0 radical (unpaired) electrons. The van der Waals surface area contributed by atoms with Gasteiger partial charge in [-0.15, -0.1) is 0 Å². The number of rotatable bonds is 4. The van der Waals surface area contributed by atoms with Gasteiger partial charge in [-0.2, -0.15) is 0 Å². The number of allylic oxidation sites excluding steroid dienone is 2. The topological polar surface area (TPSA) is 40.5 Å². The molecule has 0 aromatic heterocycles. The molecule has 1 unspecified atom stereocenters. The van der Waals surface area contributed by atoms with E-state index in [0.29, 0.717) is 18.4 Å². The Balaban J connectivity index is 2.35. The third-order valence-electron chi connectivity index (χ3n) is 2.62. The van der Waals surface area contributed by atoms with Crippen LogP contribution in [0, 0.1) is 11.8 Å². The van der Waals surface area contributed by atoms with Crippen molar-refractivity contribution in [1.29, 1.82) is 0 Å². The normalized spacial score (nSPS) is 29.2. The molecule has 1 rings (SSSR count). The van der Waals surface area contributed by atoms with Crippen molar-refractivity contribution in [2.45, 2.75) is 25.7 Å². The second kappa shape index (κ2) is 5.33. The van der Waals surface area contributed by atoms with E-state index in [9.17, 15) is 0 Å². The second-order valence-electron chi connectivity index (χ2n) is 3.48. The minimum Gasteiger partial charge on any atom is -0.396 e. The third kappa shape index (κ3) is 2.61. The summed E-state index contributed by atoms with van der Waals surface area (Å²) in [4.78, 5) is 0. The van der Waals surface area contributed by atoms with Crippen LogP contribution in [0.25, 0.3) is 0 Å². The summed E-state index contributed by atoms with van der Waals surface area (Å²) in [5, 5.41) is 17.7. The maximum absolute atomic E-state index is 9.06. The van der Waals surface area contributed by atoms with Crippen molar-refractivity contribution in [2.75, 3.05) is 13.2 Å². The molecule has 2 N–H and O–H groups in total. The Morgan fingerprint density at radius 3 is 2.83 bits per heavy atom. The molecule has 70 valence electrons. The van der Waals surface area contributed by atoms with Crippen molar-refractivity contribution in [3.8, 4) is 0 Å². The Kier molecular flexibility index (Phi) is 4.33. The fourth-order valence-electron chi connectivity index (χ4n) is 1.84. The zero-order valence-electron chi connectivity index (χ0n) is 7.45. The van der Waals surface area contributed by atoms with Gasteiger partial charge < -0.3 is 10.2 Å². The lowest BCUT2D eigenvalue weighted by Gasteiger charge is -2.25. The van der Waals surface area contributed by atoms with Crippen LogP contribution in [0.1, 0.15) is 25.7 Å². The number of hydrogen-bond acceptors (Lipinski definition) is 2. The van der Waals surface area contributed by atoms with Gasteiger partial charge in [0.05, 0.1) is 0 Å². The van der Waals surface area contributed by atoms with E-state index in [1.165, 1.54) is 0 Å². The van der Waals surface area contributed by atoms with E-state index in [2.05, 4.69) is 12.2 Å². The molecule has 0 saturated carbocycles. The lowest BCUT2D eigenvalue weighted by atomic mass is 9.82. The lowest BCUT2D eigenvalue weighted by molar-refractivity contribution is 0.169. The molecule has 0 aliphatic heterocycles. The van der Waals surface area contributed by atoms with Crippen LogP contribution in [-0.2, 0) is 0 Å². The Hall–Kier alpha value is -0.340. The van der Waals surface area contributed by atoms with Gasteiger partial charge in [0.15, 0.2) is 0 Å². The summed E-state index contributed by atoms with van der Waals surface area (Å²) in [7, 11) is 0. The second-order valence-corrected chi connectivity index (χ2v) is 3.48. The first-order valence-corrected chi connectivity index (χ1v) is 4.77. The molecule has 2 nitrogen and oxygen atoms in total. The highest BCUT2D eigenvalue weighted by atomic mass is 16.3. The van der Waals surface area contributed by atoms with E-state index >= 15 is 0 Å². The minimum atomic E-state index is 0.266. The molecule has 0 fully saturated rings. The molecular formula is C10H18O2. The Morgan fingerprint density at radius 1 is 1.33 bits per heavy atom. The maximum Gasteiger partial charge on any atom is 0.0465 e. The van der Waals surface area contributed by atoms with Crippen LogP contribution in [0.3, 0.4) is 0 Å². The fraction of sp³-hybridized carbons (Fsp3) is 0.800. The van der Waals surface area contributed by atoms with Gasteiger partial charge in [0.25, 0.3) is 0 Å². The number of aliphatic hydroxyl groups excluding tert-OH is 2. The average Bonchev–Trinajstić information content (AvgIpc) is 2.15. The van der Waals surface area contributed by atoms with Gasteiger partial charge in [0, 0.05) is 13.2 Å². The first kappa shape index (κ1) is 9.75. The monoisotopic (exact) mass is 170 g/mol. The number of hydrogen-bond donors (Lipinski definition) is 2. The fourth-order valence-corrected chi connectivity index (χ4v) is 1.84. The highest BCUT2D eigenvalue weighted by molar-refractivity contribution is 4.96. The minimum absolute atomic E-state index is 0.266. The molecular weight excluding hydrogens is 152 g/mol. The molecule has 2 heteroatoms. The molecule has 0 aromatic rings. The Bertz CT molecular complexity index is 143. The van der Waals surface area contributed by atoms with Gasteiger partial charge in [0.2, 0.25) is 0 Å². The predicted octanol–water partition coefficient (Wildman–Crippen LogP) is 1.33. The average molecular weight is 170 g/mol. The molecule has 2 atom stereocenters. The van der Waals surface area contributed by atoms with E-state index in [1.807, 2.05) is 0 Å². The van der Waals surface area contributed by atoms with E-state index < -0.39 is 0 Å². The molecule has 0 bridgehead atoms. The van der Waals surface area contributed by atoms with E-state index in [1.54, 1.807) is 0 Å². The van der Waals surface area contributed by atoms with Gasteiger partial charge in [0.1, 0.15) is 0 Å². The standard InChI is InChI=1S/C10H18O2/c11-7-3-6-9-4-1-2-5-10(9)8-12/h1,4,9-12H,2-3,5-8H2/t9-,10?/m0/s1. The molecule has 0 aromatic carbocycles. The highest BCUT2D eigenvalue weighted by Gasteiger charge is 2.19. The van der Waals surface area contributed by atoms with Crippen molar-refractivity contribution in [1.82, 2.24) is 0 Å². The molecule has 12 heavy (non-hydrogen) atoms. The van der Waals surface area contributed by atoms with Crippen LogP contribution in [0.2, 0.25) is 0 Å². The van der Waals surface area contributed by atoms with Crippen LogP contribution in [0.5, 0.6) is 0 Å². The first-order valence-electron chi connectivity index (χ1n) is 4.77. The quantitative estimate of drug-likeness (QED) is 0.625. The van der Waals surface area contributed by atoms with Gasteiger partial charge in [-0.25, -0.2) is 0 Å². The summed E-state index contributed by atoms with van der Waals surface area (Å²) >= 11 is 0. The summed E-state index contributed by atoms with van der Waals surface area (Å²) in [5.41, 5.74) is 0. The van der Waals surface area contributed by atoms with Crippen LogP contribution >= 0.6 is 0 Å². The zero-order chi connectivity index (χ0) is 8.81. The van der Waals surface area contributed by atoms with Crippen LogP contribution < -0.4 is 0 Å². The van der Waals surface area contributed by atoms with Crippen LogP contribution in [0.15, 0.2) is 12.2 Å². The Labute approximate surface area is 73.9 Å². The Morgan fingerprint density at radius 2 is 2.17 bits per heavy atom. The summed E-state index contributed by atoms with van der Waals surface area (Å²) in [6.45, 7) is 0.558. The van der Waals surface area contributed by atoms with Gasteiger partial charge >= 0.3 is 0 Å². The van der Waals surface area contributed by atoms with E-state index in [4.69, 9.17) is 10.2 Å². The molecule has 0 heterocycles. The summed E-state index contributed by atoms with van der Waals surface area (Å²) in [6.07, 6.45) is 8.45. The molecule has 1 aliphatic carbocycles. The highest BCUT2D eigenvalue weighted by Crippen LogP contribution is 2.27. The van der Waals surface area contributed by atoms with Gasteiger partial charge in [-0.1, -0.05) is 12.2 Å².